The number of aliphatic hydroxyl groups is 1. The minimum absolute atomic E-state index is 0.0134. The molecule has 0 amide bonds. The fourth-order valence-corrected chi connectivity index (χ4v) is 5.19. The number of nitrogens with zero attached hydrogens (tertiary/aromatic N) is 2. The summed E-state index contributed by atoms with van der Waals surface area (Å²) in [5, 5.41) is 15.1. The number of rotatable bonds is 7. The summed E-state index contributed by atoms with van der Waals surface area (Å²) in [5.41, 5.74) is 2.03. The van der Waals surface area contributed by atoms with E-state index in [0.717, 1.165) is 42.6 Å². The van der Waals surface area contributed by atoms with E-state index >= 15 is 0 Å². The van der Waals surface area contributed by atoms with Gasteiger partial charge < -0.3 is 15.2 Å². The molecule has 1 unspecified atom stereocenters. The molecular weight excluding hydrogens is 414 g/mol. The lowest BCUT2D eigenvalue weighted by atomic mass is 9.87. The lowest BCUT2D eigenvalue weighted by molar-refractivity contribution is -0.162. The normalized spacial score (nSPS) is 17.7. The highest BCUT2D eigenvalue weighted by Gasteiger charge is 2.49. The maximum Gasteiger partial charge on any atom is 0.347 e. The van der Waals surface area contributed by atoms with Gasteiger partial charge in [-0.25, -0.2) is 14.8 Å². The van der Waals surface area contributed by atoms with Crippen molar-refractivity contribution in [2.45, 2.75) is 37.2 Å². The first-order chi connectivity index (χ1) is 16.2. The molecule has 3 aromatic rings. The molecule has 6 nitrogen and oxygen atoms in total. The summed E-state index contributed by atoms with van der Waals surface area (Å²) in [5.74, 6) is 0.0241. The van der Waals surface area contributed by atoms with Crippen LogP contribution in [0.25, 0.3) is 11.1 Å². The molecule has 1 saturated heterocycles. The molecule has 170 valence electrons. The van der Waals surface area contributed by atoms with E-state index in [-0.39, 0.29) is 12.5 Å². The molecule has 0 bridgehead atoms. The molecule has 2 heterocycles. The Kier molecular flexibility index (Phi) is 6.20. The van der Waals surface area contributed by atoms with Gasteiger partial charge in [0, 0.05) is 29.4 Å². The van der Waals surface area contributed by atoms with Crippen LogP contribution in [-0.4, -0.2) is 40.7 Å². The summed E-state index contributed by atoms with van der Waals surface area (Å²) in [7, 11) is 0. The van der Waals surface area contributed by atoms with Gasteiger partial charge >= 0.3 is 5.97 Å². The number of benzene rings is 2. The van der Waals surface area contributed by atoms with Gasteiger partial charge in [0.2, 0.25) is 5.60 Å². The molecule has 1 aliphatic heterocycles. The number of nitrogens with one attached hydrogen (secondary N) is 1. The molecule has 5 rings (SSSR count). The van der Waals surface area contributed by atoms with Gasteiger partial charge in [0.05, 0.1) is 6.61 Å². The number of hydrogen-bond donors (Lipinski definition) is 2. The first kappa shape index (κ1) is 21.7. The second kappa shape index (κ2) is 9.41. The van der Waals surface area contributed by atoms with Crippen molar-refractivity contribution in [3.8, 4) is 11.1 Å². The molecule has 0 saturated carbocycles. The van der Waals surface area contributed by atoms with E-state index in [2.05, 4.69) is 15.3 Å². The average molecular weight is 444 g/mol. The molecule has 1 aliphatic carbocycles. The quantitative estimate of drug-likeness (QED) is 0.541. The van der Waals surface area contributed by atoms with Crippen LogP contribution in [0.5, 0.6) is 0 Å². The molecule has 2 N–H and O–H groups in total. The molecular formula is C27H29N3O3. The van der Waals surface area contributed by atoms with Crippen molar-refractivity contribution in [2.75, 3.05) is 19.7 Å². The highest BCUT2D eigenvalue weighted by Crippen LogP contribution is 2.48. The number of piperidine rings is 1. The Labute approximate surface area is 194 Å². The number of esters is 1. The van der Waals surface area contributed by atoms with Crippen LogP contribution < -0.4 is 5.32 Å². The lowest BCUT2D eigenvalue weighted by Crippen LogP contribution is -2.37. The molecule has 1 atom stereocenters. The van der Waals surface area contributed by atoms with Gasteiger partial charge in [-0.2, -0.15) is 0 Å². The molecule has 0 radical (unpaired) electrons. The van der Waals surface area contributed by atoms with E-state index in [1.165, 1.54) is 19.2 Å². The fraction of sp³-hybridized carbons (Fsp3) is 0.370. The third-order valence-corrected chi connectivity index (χ3v) is 7.07. The van der Waals surface area contributed by atoms with Crippen LogP contribution in [0.1, 0.15) is 48.3 Å². The van der Waals surface area contributed by atoms with Crippen molar-refractivity contribution < 1.29 is 14.6 Å². The van der Waals surface area contributed by atoms with Gasteiger partial charge in [0.15, 0.2) is 0 Å². The Balaban J connectivity index is 1.35. The Morgan fingerprint density at radius 1 is 1.03 bits per heavy atom. The second-order valence-electron chi connectivity index (χ2n) is 9.04. The molecule has 33 heavy (non-hydrogen) atoms. The van der Waals surface area contributed by atoms with Crippen LogP contribution in [0.3, 0.4) is 0 Å². The number of aromatic nitrogens is 2. The predicted octanol–water partition coefficient (Wildman–Crippen LogP) is 3.80. The number of carbonyl (C=O) groups excluding carboxylic acids is 1. The lowest BCUT2D eigenvalue weighted by Gasteiger charge is -2.27. The summed E-state index contributed by atoms with van der Waals surface area (Å²) in [6.45, 7) is 2.30. The zero-order chi connectivity index (χ0) is 22.7. The zero-order valence-electron chi connectivity index (χ0n) is 18.6. The minimum atomic E-state index is -1.81. The van der Waals surface area contributed by atoms with E-state index in [4.69, 9.17) is 4.74 Å². The van der Waals surface area contributed by atoms with Crippen molar-refractivity contribution in [2.24, 2.45) is 5.92 Å². The van der Waals surface area contributed by atoms with Gasteiger partial charge in [0.25, 0.3) is 0 Å². The number of carbonyl (C=O) groups is 1. The number of fused-ring (bicyclic) bond motifs is 3. The van der Waals surface area contributed by atoms with Crippen molar-refractivity contribution >= 4 is 5.97 Å². The summed E-state index contributed by atoms with van der Waals surface area (Å²) in [6.07, 6.45) is 9.39. The van der Waals surface area contributed by atoms with Crippen LogP contribution in [0.4, 0.5) is 0 Å². The first-order valence-corrected chi connectivity index (χ1v) is 11.7. The van der Waals surface area contributed by atoms with Gasteiger partial charge in [-0.15, -0.1) is 0 Å². The number of ether oxygens (including phenoxy) is 1. The Morgan fingerprint density at radius 2 is 1.64 bits per heavy atom. The standard InChI is InChI=1S/C27H29N3O3/c31-26(27(32)24-7-3-1-5-22(24)23-6-2-4-8-25(23)27)33-17-20(21-15-29-18-30-16-21)10-9-19-11-13-28-14-12-19/h1-8,15-16,18-20,28,32H,9-14,17H2. The predicted molar refractivity (Wildman–Crippen MR) is 125 cm³/mol. The Bertz CT molecular complexity index is 1070. The van der Waals surface area contributed by atoms with Gasteiger partial charge in [-0.1, -0.05) is 48.5 Å². The summed E-state index contributed by atoms with van der Waals surface area (Å²) >= 11 is 0. The smallest absolute Gasteiger partial charge is 0.347 e. The first-order valence-electron chi connectivity index (χ1n) is 11.7. The van der Waals surface area contributed by atoms with Crippen molar-refractivity contribution in [3.05, 3.63) is 83.9 Å². The number of hydrogen-bond acceptors (Lipinski definition) is 6. The van der Waals surface area contributed by atoms with Gasteiger partial charge in [-0.3, -0.25) is 0 Å². The minimum Gasteiger partial charge on any atom is -0.462 e. The fourth-order valence-electron chi connectivity index (χ4n) is 5.19. The van der Waals surface area contributed by atoms with Crippen molar-refractivity contribution in [3.63, 3.8) is 0 Å². The van der Waals surface area contributed by atoms with Crippen LogP contribution in [0, 0.1) is 5.92 Å². The largest absolute Gasteiger partial charge is 0.462 e. The highest BCUT2D eigenvalue weighted by molar-refractivity contribution is 5.96. The SMILES string of the molecule is O=C(OCC(CCC1CCNCC1)c1cncnc1)C1(O)c2ccccc2-c2ccccc21. The van der Waals surface area contributed by atoms with E-state index < -0.39 is 11.6 Å². The highest BCUT2D eigenvalue weighted by atomic mass is 16.5. The second-order valence-corrected chi connectivity index (χ2v) is 9.04. The molecule has 6 heteroatoms. The zero-order valence-corrected chi connectivity index (χ0v) is 18.6. The van der Waals surface area contributed by atoms with Crippen molar-refractivity contribution in [1.29, 1.82) is 0 Å². The van der Waals surface area contributed by atoms with Crippen LogP contribution in [0.2, 0.25) is 0 Å². The average Bonchev–Trinajstić information content (AvgIpc) is 3.15. The Hall–Kier alpha value is -3.09. The molecule has 0 spiro atoms. The molecule has 2 aromatic carbocycles. The van der Waals surface area contributed by atoms with Crippen LogP contribution in [-0.2, 0) is 15.1 Å². The van der Waals surface area contributed by atoms with E-state index in [9.17, 15) is 9.90 Å². The maximum atomic E-state index is 13.4. The van der Waals surface area contributed by atoms with Crippen molar-refractivity contribution in [1.82, 2.24) is 15.3 Å². The van der Waals surface area contributed by atoms with E-state index in [1.807, 2.05) is 36.4 Å². The Morgan fingerprint density at radius 3 is 2.27 bits per heavy atom. The molecule has 1 fully saturated rings. The van der Waals surface area contributed by atoms with Crippen LogP contribution in [0.15, 0.2) is 67.3 Å². The topological polar surface area (TPSA) is 84.3 Å². The molecule has 2 aliphatic rings. The van der Waals surface area contributed by atoms with E-state index in [1.54, 1.807) is 24.5 Å². The third-order valence-electron chi connectivity index (χ3n) is 7.07. The van der Waals surface area contributed by atoms with Gasteiger partial charge in [0.1, 0.15) is 6.33 Å². The summed E-state index contributed by atoms with van der Waals surface area (Å²) < 4.78 is 5.84. The maximum absolute atomic E-state index is 13.4. The monoisotopic (exact) mass is 443 g/mol. The van der Waals surface area contributed by atoms with Gasteiger partial charge in [-0.05, 0) is 61.4 Å². The van der Waals surface area contributed by atoms with Crippen LogP contribution >= 0.6 is 0 Å². The third kappa shape index (κ3) is 4.16. The summed E-state index contributed by atoms with van der Waals surface area (Å²) in [6, 6.07) is 15.0. The van der Waals surface area contributed by atoms with E-state index in [0.29, 0.717) is 17.0 Å². The summed E-state index contributed by atoms with van der Waals surface area (Å²) in [4.78, 5) is 21.8. The molecule has 1 aromatic heterocycles.